The van der Waals surface area contributed by atoms with E-state index in [-0.39, 0.29) is 18.0 Å². The first kappa shape index (κ1) is 11.9. The summed E-state index contributed by atoms with van der Waals surface area (Å²) in [5.41, 5.74) is 0. The van der Waals surface area contributed by atoms with Gasteiger partial charge in [0.1, 0.15) is 18.0 Å². The van der Waals surface area contributed by atoms with Crippen molar-refractivity contribution in [2.75, 3.05) is 19.0 Å². The molecule has 0 aromatic rings. The van der Waals surface area contributed by atoms with E-state index in [1.807, 2.05) is 6.92 Å². The molecule has 0 N–H and O–H groups in total. The molecule has 0 bridgehead atoms. The summed E-state index contributed by atoms with van der Waals surface area (Å²) in [5.74, 6) is 0.529. The van der Waals surface area contributed by atoms with Crippen LogP contribution in [0.15, 0.2) is 0 Å². The molecule has 0 amide bonds. The van der Waals surface area contributed by atoms with Crippen molar-refractivity contribution in [3.8, 4) is 0 Å². The molecule has 0 saturated carbocycles. The third kappa shape index (κ3) is 2.10. The van der Waals surface area contributed by atoms with E-state index in [0.717, 1.165) is 0 Å². The van der Waals surface area contributed by atoms with Crippen LogP contribution in [0.5, 0.6) is 0 Å². The zero-order valence-corrected chi connectivity index (χ0v) is 9.55. The van der Waals surface area contributed by atoms with E-state index >= 15 is 0 Å². The average Bonchev–Trinajstić information content (AvgIpc) is 2.79. The molecule has 0 aromatic carbocycles. The second-order valence-corrected chi connectivity index (χ2v) is 5.62. The lowest BCUT2D eigenvalue weighted by atomic mass is 10.1. The molecule has 7 nitrogen and oxygen atoms in total. The van der Waals surface area contributed by atoms with Gasteiger partial charge in [0.15, 0.2) is 11.4 Å². The van der Waals surface area contributed by atoms with Crippen LogP contribution in [0.2, 0.25) is 0 Å². The fourth-order valence-corrected chi connectivity index (χ4v) is 3.26. The summed E-state index contributed by atoms with van der Waals surface area (Å²) in [6.07, 6.45) is -1.50. The molecular weight excluding hydrogens is 238 g/mol. The molecule has 0 aromatic heterocycles. The lowest BCUT2D eigenvalue weighted by Gasteiger charge is -2.19. The maximum absolute atomic E-state index is 11.7. The molecule has 0 unspecified atom stereocenters. The third-order valence-electron chi connectivity index (χ3n) is 2.81. The molecule has 0 spiro atoms. The first-order chi connectivity index (χ1) is 7.63. The van der Waals surface area contributed by atoms with E-state index in [1.54, 1.807) is 0 Å². The number of ether oxygens (including phenoxy) is 2. The van der Waals surface area contributed by atoms with Gasteiger partial charge in [0, 0.05) is 0 Å². The first-order valence-electron chi connectivity index (χ1n) is 5.05. The minimum Gasteiger partial charge on any atom is -0.616 e. The summed E-state index contributed by atoms with van der Waals surface area (Å²) < 4.78 is 22.4. The van der Waals surface area contributed by atoms with Crippen LogP contribution in [0.1, 0.15) is 6.92 Å². The highest BCUT2D eigenvalue weighted by Gasteiger charge is 2.53. The summed E-state index contributed by atoms with van der Waals surface area (Å²) in [4.78, 5) is 14.7. The second kappa shape index (κ2) is 4.74. The highest BCUT2D eigenvalue weighted by Crippen LogP contribution is 2.32. The molecule has 0 radical (unpaired) electrons. The Balaban J connectivity index is 1.98. The molecule has 2 saturated heterocycles. The van der Waals surface area contributed by atoms with Crippen LogP contribution >= 0.6 is 0 Å². The van der Waals surface area contributed by atoms with Crippen LogP contribution in [0.25, 0.3) is 0 Å². The van der Waals surface area contributed by atoms with Crippen molar-refractivity contribution in [1.82, 2.24) is 0 Å². The molecule has 0 aliphatic carbocycles. The van der Waals surface area contributed by atoms with E-state index in [0.29, 0.717) is 12.4 Å². The topological polar surface area (TPSA) is 93.9 Å². The Kier molecular flexibility index (Phi) is 3.53. The van der Waals surface area contributed by atoms with Crippen molar-refractivity contribution in [2.24, 2.45) is 0 Å². The molecule has 2 aliphatic heterocycles. The van der Waals surface area contributed by atoms with Gasteiger partial charge in [0.2, 0.25) is 0 Å². The maximum Gasteiger partial charge on any atom is 0.294 e. The SMILES string of the molecule is CC[S@@+]([O-])[C@@H]1CO[C@H]2[C@@H]1OC[C@H]2O[N+](=O)[O-]. The number of hydrogen-bond acceptors (Lipinski definition) is 6. The van der Waals surface area contributed by atoms with Crippen LogP contribution in [0, 0.1) is 10.1 Å². The lowest BCUT2D eigenvalue weighted by Crippen LogP contribution is -2.38. The molecule has 16 heavy (non-hydrogen) atoms. The van der Waals surface area contributed by atoms with Crippen molar-refractivity contribution >= 4 is 11.2 Å². The van der Waals surface area contributed by atoms with Gasteiger partial charge < -0.3 is 18.9 Å². The van der Waals surface area contributed by atoms with Gasteiger partial charge >= 0.3 is 0 Å². The number of hydrogen-bond donors (Lipinski definition) is 0. The van der Waals surface area contributed by atoms with Crippen molar-refractivity contribution in [1.29, 1.82) is 0 Å². The molecule has 8 heteroatoms. The van der Waals surface area contributed by atoms with Crippen LogP contribution < -0.4 is 0 Å². The van der Waals surface area contributed by atoms with Crippen LogP contribution in [0.3, 0.4) is 0 Å². The highest BCUT2D eigenvalue weighted by atomic mass is 32.2. The molecule has 5 atom stereocenters. The summed E-state index contributed by atoms with van der Waals surface area (Å²) in [6, 6.07) is 0. The summed E-state index contributed by atoms with van der Waals surface area (Å²) >= 11 is -1.02. The number of fused-ring (bicyclic) bond motifs is 1. The average molecular weight is 251 g/mol. The van der Waals surface area contributed by atoms with E-state index < -0.39 is 28.5 Å². The highest BCUT2D eigenvalue weighted by molar-refractivity contribution is 7.92. The second-order valence-electron chi connectivity index (χ2n) is 3.67. The zero-order valence-electron chi connectivity index (χ0n) is 8.74. The van der Waals surface area contributed by atoms with Crippen LogP contribution in [-0.2, 0) is 25.5 Å². The third-order valence-corrected chi connectivity index (χ3v) is 4.45. The van der Waals surface area contributed by atoms with Crippen molar-refractivity contribution in [2.45, 2.75) is 30.5 Å². The minimum absolute atomic E-state index is 0.119. The van der Waals surface area contributed by atoms with E-state index in [2.05, 4.69) is 4.84 Å². The molecule has 2 aliphatic rings. The smallest absolute Gasteiger partial charge is 0.294 e. The maximum atomic E-state index is 11.7. The van der Waals surface area contributed by atoms with Gasteiger partial charge in [-0.1, -0.05) is 0 Å². The van der Waals surface area contributed by atoms with Gasteiger partial charge in [-0.25, -0.2) is 0 Å². The van der Waals surface area contributed by atoms with E-state index in [1.165, 1.54) is 0 Å². The van der Waals surface area contributed by atoms with Gasteiger partial charge in [0.25, 0.3) is 5.09 Å². The number of nitrogens with zero attached hydrogens (tertiary/aromatic N) is 1. The Hall–Kier alpha value is -0.570. The Morgan fingerprint density at radius 2 is 2.12 bits per heavy atom. The van der Waals surface area contributed by atoms with Gasteiger partial charge in [-0.15, -0.1) is 10.1 Å². The van der Waals surface area contributed by atoms with Crippen molar-refractivity contribution < 1.29 is 24.0 Å². The molecule has 2 rings (SSSR count). The Labute approximate surface area is 95.3 Å². The standard InChI is InChI=1S/C8H13NO6S/c1-2-16(12)6-4-14-7-5(15-9(10)11)3-13-8(6)7/h5-8H,2-4H2,1H3/t5-,6-,7-,8-,16-/m1/s1. The summed E-state index contributed by atoms with van der Waals surface area (Å²) in [6.45, 7) is 2.25. The largest absolute Gasteiger partial charge is 0.616 e. The fraction of sp³-hybridized carbons (Fsp3) is 1.00. The number of rotatable bonds is 4. The van der Waals surface area contributed by atoms with E-state index in [9.17, 15) is 14.7 Å². The Morgan fingerprint density at radius 1 is 1.44 bits per heavy atom. The quantitative estimate of drug-likeness (QED) is 0.380. The van der Waals surface area contributed by atoms with Crippen LogP contribution in [0.4, 0.5) is 0 Å². The normalized spacial score (nSPS) is 39.4. The molecule has 2 heterocycles. The zero-order chi connectivity index (χ0) is 11.7. The molecule has 2 fully saturated rings. The Bertz CT molecular complexity index is 277. The monoisotopic (exact) mass is 251 g/mol. The lowest BCUT2D eigenvalue weighted by molar-refractivity contribution is -0.769. The van der Waals surface area contributed by atoms with Crippen molar-refractivity contribution in [3.05, 3.63) is 10.1 Å². The van der Waals surface area contributed by atoms with Gasteiger partial charge in [-0.2, -0.15) is 0 Å². The summed E-state index contributed by atoms with van der Waals surface area (Å²) in [5, 5.41) is 9.19. The van der Waals surface area contributed by atoms with Gasteiger partial charge in [0.05, 0.1) is 13.2 Å². The summed E-state index contributed by atoms with van der Waals surface area (Å²) in [7, 11) is 0. The molecular formula is C8H13NO6S. The predicted octanol–water partition coefficient (Wildman–Crippen LogP) is -0.502. The fourth-order valence-electron chi connectivity index (χ4n) is 2.07. The van der Waals surface area contributed by atoms with Crippen LogP contribution in [-0.4, -0.2) is 52.2 Å². The van der Waals surface area contributed by atoms with Gasteiger partial charge in [-0.3, -0.25) is 0 Å². The predicted molar refractivity (Wildman–Crippen MR) is 53.8 cm³/mol. The molecule has 92 valence electrons. The van der Waals surface area contributed by atoms with Gasteiger partial charge in [-0.05, 0) is 18.1 Å². The minimum atomic E-state index is -1.02. The van der Waals surface area contributed by atoms with E-state index in [4.69, 9.17) is 9.47 Å². The van der Waals surface area contributed by atoms with Crippen molar-refractivity contribution in [3.63, 3.8) is 0 Å². The first-order valence-corrected chi connectivity index (χ1v) is 6.43. The Morgan fingerprint density at radius 3 is 2.75 bits per heavy atom.